The molecule has 0 saturated heterocycles. The molecule has 1 atom stereocenters. The van der Waals surface area contributed by atoms with Gasteiger partial charge < -0.3 is 15.2 Å². The lowest BCUT2D eigenvalue weighted by Gasteiger charge is -2.29. The van der Waals surface area contributed by atoms with Crippen LogP contribution in [0.5, 0.6) is 0 Å². The Balaban J connectivity index is 2.61. The number of nitrogens with zero attached hydrogens (tertiary/aromatic N) is 1. The van der Waals surface area contributed by atoms with E-state index in [1.54, 1.807) is 12.1 Å². The van der Waals surface area contributed by atoms with Gasteiger partial charge in [0.2, 0.25) is 0 Å². The van der Waals surface area contributed by atoms with E-state index in [0.29, 0.717) is 18.5 Å². The molecule has 0 aliphatic carbocycles. The maximum Gasteiger partial charge on any atom is 0.339 e. The maximum absolute atomic E-state index is 11.3. The molecule has 0 spiro atoms. The van der Waals surface area contributed by atoms with Crippen molar-refractivity contribution in [3.8, 4) is 0 Å². The number of aromatic nitrogens is 1. The molecule has 5 nitrogen and oxygen atoms in total. The van der Waals surface area contributed by atoms with Crippen molar-refractivity contribution in [2.24, 2.45) is 0 Å². The Morgan fingerprint density at radius 2 is 2.26 bits per heavy atom. The summed E-state index contributed by atoms with van der Waals surface area (Å²) in [6.45, 7) is 4.92. The number of ether oxygens (including phenoxy) is 1. The molecule has 1 aromatic heterocycles. The van der Waals surface area contributed by atoms with Crippen molar-refractivity contribution >= 4 is 5.97 Å². The molecular formula is C14H22N2O3. The highest BCUT2D eigenvalue weighted by Gasteiger charge is 2.20. The summed E-state index contributed by atoms with van der Waals surface area (Å²) in [7, 11) is 1.35. The van der Waals surface area contributed by atoms with Crippen LogP contribution in [-0.4, -0.2) is 35.3 Å². The average Bonchev–Trinajstić information content (AvgIpc) is 2.45. The third-order valence-corrected chi connectivity index (χ3v) is 3.39. The number of rotatable bonds is 7. The first-order valence-electron chi connectivity index (χ1n) is 6.44. The molecule has 1 rings (SSSR count). The molecule has 1 heterocycles. The molecule has 2 N–H and O–H groups in total. The van der Waals surface area contributed by atoms with Gasteiger partial charge in [-0.2, -0.15) is 0 Å². The van der Waals surface area contributed by atoms with Gasteiger partial charge >= 0.3 is 5.97 Å². The third-order valence-electron chi connectivity index (χ3n) is 3.39. The van der Waals surface area contributed by atoms with Gasteiger partial charge in [0, 0.05) is 24.9 Å². The Kier molecular flexibility index (Phi) is 5.92. The lowest BCUT2D eigenvalue weighted by molar-refractivity contribution is 0.0600. The summed E-state index contributed by atoms with van der Waals surface area (Å²) in [6.07, 6.45) is 3.13. The van der Waals surface area contributed by atoms with Gasteiger partial charge in [0.15, 0.2) is 0 Å². The molecule has 0 aromatic carbocycles. The van der Waals surface area contributed by atoms with E-state index < -0.39 is 0 Å². The van der Waals surface area contributed by atoms with Crippen LogP contribution in [0, 0.1) is 0 Å². The van der Waals surface area contributed by atoms with E-state index in [4.69, 9.17) is 5.11 Å². The van der Waals surface area contributed by atoms with Crippen molar-refractivity contribution in [3.63, 3.8) is 0 Å². The maximum atomic E-state index is 11.3. The van der Waals surface area contributed by atoms with Crippen LogP contribution in [0.2, 0.25) is 0 Å². The van der Waals surface area contributed by atoms with E-state index in [-0.39, 0.29) is 18.1 Å². The summed E-state index contributed by atoms with van der Waals surface area (Å²) in [5.74, 6) is -0.384. The number of nitrogens with one attached hydrogen (secondary N) is 1. The standard InChI is InChI=1S/C14H22N2O3/c1-4-14(2,7-8-17)16-10-12-6-5-11(9-15-12)13(18)19-3/h5-6,9,16-17H,4,7-8,10H2,1-3H3. The Morgan fingerprint density at radius 1 is 1.53 bits per heavy atom. The number of hydrogen-bond donors (Lipinski definition) is 2. The number of hydrogen-bond acceptors (Lipinski definition) is 5. The van der Waals surface area contributed by atoms with Crippen molar-refractivity contribution < 1.29 is 14.6 Å². The molecule has 19 heavy (non-hydrogen) atoms. The number of carbonyl (C=O) groups excluding carboxylic acids is 1. The third kappa shape index (κ3) is 4.61. The van der Waals surface area contributed by atoms with E-state index in [1.165, 1.54) is 13.3 Å². The van der Waals surface area contributed by atoms with E-state index in [0.717, 1.165) is 12.1 Å². The summed E-state index contributed by atoms with van der Waals surface area (Å²) in [4.78, 5) is 15.5. The number of esters is 1. The van der Waals surface area contributed by atoms with Crippen LogP contribution in [0.25, 0.3) is 0 Å². The van der Waals surface area contributed by atoms with Gasteiger partial charge in [0.1, 0.15) is 0 Å². The molecule has 0 aliphatic rings. The van der Waals surface area contributed by atoms with Crippen molar-refractivity contribution in [1.82, 2.24) is 10.3 Å². The zero-order valence-electron chi connectivity index (χ0n) is 11.8. The van der Waals surface area contributed by atoms with Gasteiger partial charge in [0.25, 0.3) is 0 Å². The Labute approximate surface area is 114 Å². The summed E-state index contributed by atoms with van der Waals surface area (Å²) >= 11 is 0. The van der Waals surface area contributed by atoms with E-state index in [9.17, 15) is 4.79 Å². The minimum absolute atomic E-state index is 0.0998. The van der Waals surface area contributed by atoms with E-state index in [2.05, 4.69) is 28.9 Å². The predicted molar refractivity (Wildman–Crippen MR) is 72.8 cm³/mol. The lowest BCUT2D eigenvalue weighted by atomic mass is 9.95. The summed E-state index contributed by atoms with van der Waals surface area (Å²) in [5, 5.41) is 12.4. The fourth-order valence-electron chi connectivity index (χ4n) is 1.71. The molecule has 0 radical (unpaired) electrons. The van der Waals surface area contributed by atoms with Crippen LogP contribution in [0.15, 0.2) is 18.3 Å². The Bertz CT molecular complexity index is 406. The highest BCUT2D eigenvalue weighted by atomic mass is 16.5. The van der Waals surface area contributed by atoms with Gasteiger partial charge in [0.05, 0.1) is 18.4 Å². The monoisotopic (exact) mass is 266 g/mol. The second-order valence-corrected chi connectivity index (χ2v) is 4.77. The summed E-state index contributed by atoms with van der Waals surface area (Å²) in [5.41, 5.74) is 1.20. The number of aliphatic hydroxyl groups is 1. The zero-order valence-corrected chi connectivity index (χ0v) is 11.8. The molecule has 0 saturated carbocycles. The predicted octanol–water partition coefficient (Wildman–Crippen LogP) is 1.51. The first-order chi connectivity index (χ1) is 9.04. The number of carbonyl (C=O) groups is 1. The molecule has 0 fully saturated rings. The molecule has 0 bridgehead atoms. The van der Waals surface area contributed by atoms with Crippen LogP contribution < -0.4 is 5.32 Å². The van der Waals surface area contributed by atoms with Crippen LogP contribution in [0.3, 0.4) is 0 Å². The highest BCUT2D eigenvalue weighted by molar-refractivity contribution is 5.88. The number of aliphatic hydroxyl groups excluding tert-OH is 1. The van der Waals surface area contributed by atoms with Gasteiger partial charge in [-0.05, 0) is 31.9 Å². The molecule has 1 aromatic rings. The molecule has 106 valence electrons. The van der Waals surface area contributed by atoms with Crippen molar-refractivity contribution in [2.75, 3.05) is 13.7 Å². The van der Waals surface area contributed by atoms with Crippen LogP contribution in [-0.2, 0) is 11.3 Å². The molecule has 1 unspecified atom stereocenters. The summed E-state index contributed by atoms with van der Waals surface area (Å²) in [6, 6.07) is 3.50. The van der Waals surface area contributed by atoms with Gasteiger partial charge in [-0.3, -0.25) is 4.98 Å². The van der Waals surface area contributed by atoms with Crippen LogP contribution in [0.1, 0.15) is 42.7 Å². The van der Waals surface area contributed by atoms with Gasteiger partial charge in [-0.15, -0.1) is 0 Å². The quantitative estimate of drug-likeness (QED) is 0.732. The van der Waals surface area contributed by atoms with Crippen molar-refractivity contribution in [1.29, 1.82) is 0 Å². The van der Waals surface area contributed by atoms with E-state index in [1.807, 2.05) is 0 Å². The van der Waals surface area contributed by atoms with Crippen molar-refractivity contribution in [2.45, 2.75) is 38.8 Å². The fourth-order valence-corrected chi connectivity index (χ4v) is 1.71. The minimum Gasteiger partial charge on any atom is -0.465 e. The molecule has 5 heteroatoms. The average molecular weight is 266 g/mol. The van der Waals surface area contributed by atoms with Crippen LogP contribution >= 0.6 is 0 Å². The molecular weight excluding hydrogens is 244 g/mol. The summed E-state index contributed by atoms with van der Waals surface area (Å²) < 4.78 is 4.62. The first-order valence-corrected chi connectivity index (χ1v) is 6.44. The zero-order chi connectivity index (χ0) is 14.3. The number of methoxy groups -OCH3 is 1. The smallest absolute Gasteiger partial charge is 0.339 e. The van der Waals surface area contributed by atoms with E-state index >= 15 is 0 Å². The van der Waals surface area contributed by atoms with Crippen LogP contribution in [0.4, 0.5) is 0 Å². The molecule has 0 aliphatic heterocycles. The lowest BCUT2D eigenvalue weighted by Crippen LogP contribution is -2.42. The fraction of sp³-hybridized carbons (Fsp3) is 0.571. The number of pyridine rings is 1. The minimum atomic E-state index is -0.384. The Morgan fingerprint density at radius 3 is 2.74 bits per heavy atom. The van der Waals surface area contributed by atoms with Crippen molar-refractivity contribution in [3.05, 3.63) is 29.6 Å². The topological polar surface area (TPSA) is 71.5 Å². The van der Waals surface area contributed by atoms with Gasteiger partial charge in [-0.1, -0.05) is 6.92 Å². The highest BCUT2D eigenvalue weighted by Crippen LogP contribution is 2.14. The second kappa shape index (κ2) is 7.21. The largest absolute Gasteiger partial charge is 0.465 e. The molecule has 0 amide bonds. The van der Waals surface area contributed by atoms with Gasteiger partial charge in [-0.25, -0.2) is 4.79 Å². The SMILES string of the molecule is CCC(C)(CCO)NCc1ccc(C(=O)OC)cn1. The normalized spacial score (nSPS) is 13.9. The first kappa shape index (κ1) is 15.6. The Hall–Kier alpha value is -1.46. The second-order valence-electron chi connectivity index (χ2n) is 4.77.